The van der Waals surface area contributed by atoms with Crippen LogP contribution in [0.1, 0.15) is 26.3 Å². The third-order valence-corrected chi connectivity index (χ3v) is 2.45. The lowest BCUT2D eigenvalue weighted by molar-refractivity contribution is -0.385. The normalized spacial score (nSPS) is 10.8. The van der Waals surface area contributed by atoms with E-state index in [0.29, 0.717) is 0 Å². The number of anilines is 1. The molecule has 0 saturated heterocycles. The molecular formula is C13H17N3O2. The minimum absolute atomic E-state index is 0.0956. The Morgan fingerprint density at radius 3 is 2.50 bits per heavy atom. The Hall–Kier alpha value is -2.09. The molecule has 0 aliphatic heterocycles. The van der Waals surface area contributed by atoms with Crippen LogP contribution < -0.4 is 4.90 Å². The molecule has 0 atom stereocenters. The molecule has 0 bridgehead atoms. The van der Waals surface area contributed by atoms with Gasteiger partial charge in [0.2, 0.25) is 0 Å². The van der Waals surface area contributed by atoms with E-state index in [4.69, 9.17) is 5.26 Å². The van der Waals surface area contributed by atoms with Gasteiger partial charge in [-0.15, -0.1) is 0 Å². The number of hydrogen-bond acceptors (Lipinski definition) is 4. The second-order valence-corrected chi connectivity index (χ2v) is 5.49. The maximum Gasteiger partial charge on any atom is 0.287 e. The molecule has 18 heavy (non-hydrogen) atoms. The summed E-state index contributed by atoms with van der Waals surface area (Å²) in [5, 5.41) is 19.7. The fourth-order valence-electron chi connectivity index (χ4n) is 1.81. The zero-order valence-electron chi connectivity index (χ0n) is 11.1. The lowest BCUT2D eigenvalue weighted by Gasteiger charge is -2.28. The lowest BCUT2D eigenvalue weighted by atomic mass is 9.96. The first-order valence-electron chi connectivity index (χ1n) is 5.64. The van der Waals surface area contributed by atoms with Crippen LogP contribution in [0.3, 0.4) is 0 Å². The molecule has 0 aliphatic carbocycles. The molecule has 0 radical (unpaired) electrons. The van der Waals surface area contributed by atoms with Gasteiger partial charge in [0.05, 0.1) is 4.92 Å². The zero-order valence-corrected chi connectivity index (χ0v) is 11.1. The van der Waals surface area contributed by atoms with E-state index in [1.54, 1.807) is 12.1 Å². The molecule has 5 heteroatoms. The van der Waals surface area contributed by atoms with Crippen molar-refractivity contribution in [3.63, 3.8) is 0 Å². The molecule has 0 saturated carbocycles. The minimum atomic E-state index is -0.536. The molecule has 0 amide bonds. The Kier molecular flexibility index (Phi) is 3.92. The fourth-order valence-corrected chi connectivity index (χ4v) is 1.81. The topological polar surface area (TPSA) is 70.2 Å². The van der Waals surface area contributed by atoms with E-state index in [0.717, 1.165) is 12.2 Å². The highest BCUT2D eigenvalue weighted by atomic mass is 16.6. The van der Waals surface area contributed by atoms with Gasteiger partial charge in [0.15, 0.2) is 0 Å². The van der Waals surface area contributed by atoms with Crippen LogP contribution in [0.4, 0.5) is 11.4 Å². The van der Waals surface area contributed by atoms with E-state index in [1.807, 2.05) is 18.0 Å². The molecule has 1 rings (SSSR count). The molecule has 0 spiro atoms. The van der Waals surface area contributed by atoms with Crippen molar-refractivity contribution in [2.45, 2.75) is 20.8 Å². The highest BCUT2D eigenvalue weighted by Gasteiger charge is 2.18. The van der Waals surface area contributed by atoms with Crippen LogP contribution in [0.15, 0.2) is 18.2 Å². The average molecular weight is 247 g/mol. The third-order valence-electron chi connectivity index (χ3n) is 2.45. The van der Waals surface area contributed by atoms with Crippen molar-refractivity contribution in [1.82, 2.24) is 0 Å². The summed E-state index contributed by atoms with van der Waals surface area (Å²) < 4.78 is 0. The molecule has 1 aromatic carbocycles. The highest BCUT2D eigenvalue weighted by molar-refractivity contribution is 5.59. The smallest absolute Gasteiger partial charge is 0.287 e. The molecular weight excluding hydrogens is 230 g/mol. The van der Waals surface area contributed by atoms with E-state index < -0.39 is 4.92 Å². The predicted octanol–water partition coefficient (Wildman–Crippen LogP) is 2.95. The maximum atomic E-state index is 10.7. The second kappa shape index (κ2) is 5.05. The monoisotopic (exact) mass is 247 g/mol. The van der Waals surface area contributed by atoms with Crippen LogP contribution in [0.2, 0.25) is 0 Å². The Labute approximate surface area is 107 Å². The van der Waals surface area contributed by atoms with Gasteiger partial charge in [-0.3, -0.25) is 10.1 Å². The molecule has 0 heterocycles. The van der Waals surface area contributed by atoms with Crippen molar-refractivity contribution >= 4 is 11.4 Å². The summed E-state index contributed by atoms with van der Waals surface area (Å²) in [6.07, 6.45) is 0. The van der Waals surface area contributed by atoms with Gasteiger partial charge in [0.1, 0.15) is 11.6 Å². The molecule has 0 fully saturated rings. The van der Waals surface area contributed by atoms with E-state index >= 15 is 0 Å². The first-order valence-corrected chi connectivity index (χ1v) is 5.64. The van der Waals surface area contributed by atoms with Crippen molar-refractivity contribution in [2.75, 3.05) is 18.5 Å². The minimum Gasteiger partial charge on any atom is -0.374 e. The Morgan fingerprint density at radius 1 is 1.44 bits per heavy atom. The van der Waals surface area contributed by atoms with Crippen LogP contribution in [0.5, 0.6) is 0 Å². The standard InChI is InChI=1S/C13H17N3O2/c1-13(2,3)9-15(4)11-5-6-12(16(17)18)10(7-11)8-14/h5-7H,9H2,1-4H3. The van der Waals surface area contributed by atoms with Crippen LogP contribution in [0, 0.1) is 26.9 Å². The van der Waals surface area contributed by atoms with Crippen molar-refractivity contribution in [2.24, 2.45) is 5.41 Å². The van der Waals surface area contributed by atoms with Gasteiger partial charge in [-0.25, -0.2) is 0 Å². The zero-order chi connectivity index (χ0) is 13.9. The van der Waals surface area contributed by atoms with E-state index in [-0.39, 0.29) is 16.7 Å². The van der Waals surface area contributed by atoms with Crippen LogP contribution in [-0.4, -0.2) is 18.5 Å². The number of benzene rings is 1. The first kappa shape index (κ1) is 14.0. The summed E-state index contributed by atoms with van der Waals surface area (Å²) in [5.41, 5.74) is 0.874. The van der Waals surface area contributed by atoms with Gasteiger partial charge >= 0.3 is 0 Å². The van der Waals surface area contributed by atoms with Crippen LogP contribution >= 0.6 is 0 Å². The maximum absolute atomic E-state index is 10.7. The quantitative estimate of drug-likeness (QED) is 0.608. The number of nitro groups is 1. The summed E-state index contributed by atoms with van der Waals surface area (Å²) in [5.74, 6) is 0. The number of nitro benzene ring substituents is 1. The van der Waals surface area contributed by atoms with E-state index in [1.165, 1.54) is 6.07 Å². The molecule has 1 aromatic rings. The van der Waals surface area contributed by atoms with Gasteiger partial charge in [0.25, 0.3) is 5.69 Å². The van der Waals surface area contributed by atoms with Gasteiger partial charge in [-0.1, -0.05) is 20.8 Å². The summed E-state index contributed by atoms with van der Waals surface area (Å²) in [4.78, 5) is 12.2. The van der Waals surface area contributed by atoms with Crippen molar-refractivity contribution in [3.05, 3.63) is 33.9 Å². The Balaban J connectivity index is 3.07. The van der Waals surface area contributed by atoms with E-state index in [2.05, 4.69) is 20.8 Å². The van der Waals surface area contributed by atoms with Crippen LogP contribution in [0.25, 0.3) is 0 Å². The van der Waals surface area contributed by atoms with Crippen LogP contribution in [-0.2, 0) is 0 Å². The van der Waals surface area contributed by atoms with Crippen molar-refractivity contribution in [1.29, 1.82) is 5.26 Å². The summed E-state index contributed by atoms with van der Waals surface area (Å²) in [7, 11) is 1.91. The summed E-state index contributed by atoms with van der Waals surface area (Å²) in [6.45, 7) is 7.13. The highest BCUT2D eigenvalue weighted by Crippen LogP contribution is 2.26. The Bertz CT molecular complexity index is 498. The second-order valence-electron chi connectivity index (χ2n) is 5.49. The predicted molar refractivity (Wildman–Crippen MR) is 70.5 cm³/mol. The summed E-state index contributed by atoms with van der Waals surface area (Å²) in [6, 6.07) is 6.48. The average Bonchev–Trinajstić information content (AvgIpc) is 2.25. The SMILES string of the molecule is CN(CC(C)(C)C)c1ccc([N+](=O)[O-])c(C#N)c1. The van der Waals surface area contributed by atoms with Crippen molar-refractivity contribution in [3.8, 4) is 6.07 Å². The Morgan fingerprint density at radius 2 is 2.06 bits per heavy atom. The fraction of sp³-hybridized carbons (Fsp3) is 0.462. The van der Waals surface area contributed by atoms with Gasteiger partial charge in [-0.05, 0) is 17.5 Å². The van der Waals surface area contributed by atoms with Gasteiger partial charge in [0, 0.05) is 25.3 Å². The number of hydrogen-bond donors (Lipinski definition) is 0. The number of rotatable bonds is 3. The lowest BCUT2D eigenvalue weighted by Crippen LogP contribution is -2.29. The van der Waals surface area contributed by atoms with Gasteiger partial charge < -0.3 is 4.90 Å². The van der Waals surface area contributed by atoms with E-state index in [9.17, 15) is 10.1 Å². The van der Waals surface area contributed by atoms with Crippen molar-refractivity contribution < 1.29 is 4.92 Å². The molecule has 0 unspecified atom stereocenters. The van der Waals surface area contributed by atoms with Gasteiger partial charge in [-0.2, -0.15) is 5.26 Å². The first-order chi connectivity index (χ1) is 8.24. The largest absolute Gasteiger partial charge is 0.374 e. The molecule has 5 nitrogen and oxygen atoms in total. The molecule has 96 valence electrons. The molecule has 0 aromatic heterocycles. The number of nitrogens with zero attached hydrogens (tertiary/aromatic N) is 3. The third kappa shape index (κ3) is 3.45. The molecule has 0 aliphatic rings. The number of nitriles is 1. The summed E-state index contributed by atoms with van der Waals surface area (Å²) >= 11 is 0. The molecule has 0 N–H and O–H groups in total.